The van der Waals surface area contributed by atoms with Crippen molar-refractivity contribution in [1.82, 2.24) is 10.2 Å². The number of nitrogens with one attached hydrogen (secondary N) is 1. The molecule has 0 aromatic rings. The zero-order valence-corrected chi connectivity index (χ0v) is 18.6. The van der Waals surface area contributed by atoms with Gasteiger partial charge in [0.2, 0.25) is 5.91 Å². The summed E-state index contributed by atoms with van der Waals surface area (Å²) in [4.78, 5) is 14.9. The molecule has 2 aliphatic carbocycles. The Morgan fingerprint density at radius 3 is 2.74 bits per heavy atom. The minimum atomic E-state index is 0.222. The van der Waals surface area contributed by atoms with Crippen molar-refractivity contribution in [1.29, 1.82) is 0 Å². The number of nitrogens with zero attached hydrogens (tertiary/aromatic N) is 1. The van der Waals surface area contributed by atoms with Crippen LogP contribution in [0, 0.1) is 11.8 Å². The number of hydrogen-bond donors (Lipinski definition) is 1. The molecule has 5 nitrogen and oxygen atoms in total. The van der Waals surface area contributed by atoms with E-state index in [1.165, 1.54) is 62.7 Å². The molecule has 0 spiro atoms. The number of likely N-dealkylation sites (tertiary alicyclic amines) is 1. The fourth-order valence-electron chi connectivity index (χ4n) is 5.70. The second-order valence-electron chi connectivity index (χ2n) is 9.95. The highest BCUT2D eigenvalue weighted by Crippen LogP contribution is 2.36. The molecule has 5 rings (SSSR count). The topological polar surface area (TPSA) is 54.7 Å². The summed E-state index contributed by atoms with van der Waals surface area (Å²) in [5.41, 5.74) is 2.55. The highest BCUT2D eigenvalue weighted by Gasteiger charge is 2.28. The van der Waals surface area contributed by atoms with Crippen molar-refractivity contribution >= 4 is 5.91 Å². The van der Waals surface area contributed by atoms with Crippen LogP contribution in [0.1, 0.15) is 69.4 Å². The van der Waals surface area contributed by atoms with E-state index in [1.54, 1.807) is 0 Å². The summed E-state index contributed by atoms with van der Waals surface area (Å²) in [6, 6.07) is 9.45. The van der Waals surface area contributed by atoms with Gasteiger partial charge in [0.05, 0.1) is 19.5 Å². The molecule has 0 aromatic heterocycles. The Morgan fingerprint density at radius 2 is 1.94 bits per heavy atom. The van der Waals surface area contributed by atoms with Crippen LogP contribution in [0.3, 0.4) is 0 Å². The van der Waals surface area contributed by atoms with Gasteiger partial charge in [-0.2, -0.15) is 0 Å². The maximum atomic E-state index is 12.2. The Labute approximate surface area is 185 Å². The predicted octanol–water partition coefficient (Wildman–Crippen LogP) is 5.01. The maximum absolute atomic E-state index is 12.2. The van der Waals surface area contributed by atoms with E-state index in [4.69, 9.17) is 9.15 Å². The summed E-state index contributed by atoms with van der Waals surface area (Å²) in [6.07, 6.45) is 12.5. The van der Waals surface area contributed by atoms with E-state index in [0.717, 1.165) is 37.7 Å². The number of amides is 1. The summed E-state index contributed by atoms with van der Waals surface area (Å²) in [7, 11) is 0. The van der Waals surface area contributed by atoms with E-state index in [2.05, 4.69) is 28.4 Å². The molecule has 5 aliphatic rings. The molecule has 1 saturated carbocycles. The van der Waals surface area contributed by atoms with Gasteiger partial charge >= 0.3 is 0 Å². The SMILES string of the molecule is O=C(CC1COC1)NC1CCC(CCN2CCCCC2c2coc3cccc-3c2)CC1. The van der Waals surface area contributed by atoms with Gasteiger partial charge in [0.15, 0.2) is 0 Å². The number of piperidine rings is 1. The van der Waals surface area contributed by atoms with Crippen molar-refractivity contribution in [2.45, 2.75) is 69.9 Å². The van der Waals surface area contributed by atoms with Crippen molar-refractivity contribution in [2.75, 3.05) is 26.3 Å². The first kappa shape index (κ1) is 21.0. The second-order valence-corrected chi connectivity index (χ2v) is 9.95. The third kappa shape index (κ3) is 5.15. The third-order valence-electron chi connectivity index (χ3n) is 7.67. The molecule has 31 heavy (non-hydrogen) atoms. The zero-order valence-electron chi connectivity index (χ0n) is 18.6. The molecule has 0 bridgehead atoms. The largest absolute Gasteiger partial charge is 0.464 e. The smallest absolute Gasteiger partial charge is 0.220 e. The van der Waals surface area contributed by atoms with Gasteiger partial charge in [0.1, 0.15) is 5.76 Å². The highest BCUT2D eigenvalue weighted by molar-refractivity contribution is 5.76. The van der Waals surface area contributed by atoms with Gasteiger partial charge in [-0.25, -0.2) is 0 Å². The zero-order chi connectivity index (χ0) is 21.0. The maximum Gasteiger partial charge on any atom is 0.220 e. The van der Waals surface area contributed by atoms with Crippen LogP contribution >= 0.6 is 0 Å². The van der Waals surface area contributed by atoms with Crippen LogP contribution in [0.2, 0.25) is 0 Å². The fourth-order valence-corrected chi connectivity index (χ4v) is 5.70. The number of ether oxygens (including phenoxy) is 1. The lowest BCUT2D eigenvalue weighted by molar-refractivity contribution is -0.127. The number of carbonyl (C=O) groups excluding carboxylic acids is 1. The van der Waals surface area contributed by atoms with Gasteiger partial charge in [-0.15, -0.1) is 0 Å². The Kier molecular flexibility index (Phi) is 6.61. The molecule has 3 fully saturated rings. The number of rotatable bonds is 7. The van der Waals surface area contributed by atoms with Crippen molar-refractivity contribution in [2.24, 2.45) is 11.8 Å². The van der Waals surface area contributed by atoms with E-state index >= 15 is 0 Å². The summed E-state index contributed by atoms with van der Waals surface area (Å²) in [5, 5.41) is 3.27. The second kappa shape index (κ2) is 9.74. The molecule has 1 amide bonds. The molecule has 3 heterocycles. The van der Waals surface area contributed by atoms with E-state index in [0.29, 0.717) is 24.4 Å². The first-order chi connectivity index (χ1) is 15.2. The summed E-state index contributed by atoms with van der Waals surface area (Å²) >= 11 is 0. The highest BCUT2D eigenvalue weighted by atomic mass is 16.5. The quantitative estimate of drug-likeness (QED) is 0.679. The number of carbonyl (C=O) groups is 1. The van der Waals surface area contributed by atoms with Crippen LogP contribution < -0.4 is 5.32 Å². The van der Waals surface area contributed by atoms with Crippen LogP contribution in [0.4, 0.5) is 0 Å². The first-order valence-electron chi connectivity index (χ1n) is 12.3. The van der Waals surface area contributed by atoms with Gasteiger partial charge in [0.25, 0.3) is 0 Å². The van der Waals surface area contributed by atoms with Crippen LogP contribution in [0.15, 0.2) is 34.9 Å². The summed E-state index contributed by atoms with van der Waals surface area (Å²) < 4.78 is 11.1. The Balaban J connectivity index is 1.09. The molecule has 3 aliphatic heterocycles. The molecule has 0 aromatic carbocycles. The molecule has 168 valence electrons. The molecular weight excluding hydrogens is 388 g/mol. The average Bonchev–Trinajstić information content (AvgIpc) is 3.24. The minimum absolute atomic E-state index is 0.222. The van der Waals surface area contributed by atoms with Crippen molar-refractivity contribution in [3.8, 4) is 11.3 Å². The van der Waals surface area contributed by atoms with Gasteiger partial charge in [-0.3, -0.25) is 9.69 Å². The molecule has 0 radical (unpaired) electrons. The van der Waals surface area contributed by atoms with Gasteiger partial charge < -0.3 is 14.5 Å². The number of fused-ring (bicyclic) bond motifs is 1. The van der Waals surface area contributed by atoms with Crippen molar-refractivity contribution in [3.05, 3.63) is 36.1 Å². The lowest BCUT2D eigenvalue weighted by atomic mass is 9.83. The minimum Gasteiger partial charge on any atom is -0.464 e. The fraction of sp³-hybridized carbons (Fsp3) is 0.654. The van der Waals surface area contributed by atoms with Crippen LogP contribution in [-0.2, 0) is 9.53 Å². The monoisotopic (exact) mass is 424 g/mol. The van der Waals surface area contributed by atoms with Gasteiger partial charge in [-0.05, 0) is 76.1 Å². The van der Waals surface area contributed by atoms with Crippen LogP contribution in [0.25, 0.3) is 11.3 Å². The van der Waals surface area contributed by atoms with Crippen molar-refractivity contribution in [3.63, 3.8) is 0 Å². The molecule has 1 unspecified atom stereocenters. The van der Waals surface area contributed by atoms with Gasteiger partial charge in [-0.1, -0.05) is 18.6 Å². The lowest BCUT2D eigenvalue weighted by Crippen LogP contribution is -2.41. The summed E-state index contributed by atoms with van der Waals surface area (Å²) in [5.74, 6) is 2.44. The van der Waals surface area contributed by atoms with E-state index in [1.807, 2.05) is 12.3 Å². The molecule has 1 atom stereocenters. The first-order valence-corrected chi connectivity index (χ1v) is 12.3. The van der Waals surface area contributed by atoms with Crippen molar-refractivity contribution < 1.29 is 13.9 Å². The van der Waals surface area contributed by atoms with E-state index in [9.17, 15) is 4.79 Å². The molecule has 1 N–H and O–H groups in total. The van der Waals surface area contributed by atoms with Crippen LogP contribution in [-0.4, -0.2) is 43.2 Å². The molecular formula is C26H36N2O3. The van der Waals surface area contributed by atoms with Crippen LogP contribution in [0.5, 0.6) is 0 Å². The summed E-state index contributed by atoms with van der Waals surface area (Å²) in [6.45, 7) is 3.88. The Morgan fingerprint density at radius 1 is 1.06 bits per heavy atom. The Bertz CT molecular complexity index is 822. The average molecular weight is 425 g/mol. The lowest BCUT2D eigenvalue weighted by Gasteiger charge is -2.37. The Hall–Kier alpha value is -1.85. The molecule has 2 saturated heterocycles. The predicted molar refractivity (Wildman–Crippen MR) is 121 cm³/mol. The van der Waals surface area contributed by atoms with Gasteiger partial charge in [0, 0.05) is 35.5 Å². The van der Waals surface area contributed by atoms with E-state index in [-0.39, 0.29) is 5.91 Å². The normalized spacial score (nSPS) is 27.8. The number of hydrogen-bond acceptors (Lipinski definition) is 4. The standard InChI is InChI=1S/C26H36N2O3/c29-26(14-20-16-30-17-20)27-23-9-7-19(8-10-23)11-13-28-12-2-1-5-24(28)22-15-21-4-3-6-25(21)31-18-22/h3-4,6,15,18-20,23-24H,1-2,5,7-14,16-17H2,(H,27,29). The molecule has 5 heteroatoms. The third-order valence-corrected chi connectivity index (χ3v) is 7.67. The van der Waals surface area contributed by atoms with E-state index < -0.39 is 0 Å².